The molecule has 0 aliphatic heterocycles. The number of nitrogens with two attached hydrogens (primary N) is 1. The molecule has 4 nitrogen and oxygen atoms in total. The predicted molar refractivity (Wildman–Crippen MR) is 87.8 cm³/mol. The molecule has 20 heavy (non-hydrogen) atoms. The number of nitrogen functional groups attached to an aromatic ring is 1. The first kappa shape index (κ1) is 15.1. The molecular formula is C15H20BrN3O. The second-order valence-electron chi connectivity index (χ2n) is 5.11. The summed E-state index contributed by atoms with van der Waals surface area (Å²) in [6.45, 7) is 3.13. The fourth-order valence-electron chi connectivity index (χ4n) is 2.13. The molecular weight excluding hydrogens is 318 g/mol. The lowest BCUT2D eigenvalue weighted by molar-refractivity contribution is 0.229. The van der Waals surface area contributed by atoms with E-state index in [2.05, 4.69) is 26.2 Å². The van der Waals surface area contributed by atoms with Crippen molar-refractivity contribution < 1.29 is 5.11 Å². The van der Waals surface area contributed by atoms with E-state index in [-0.39, 0.29) is 6.61 Å². The van der Waals surface area contributed by atoms with Crippen molar-refractivity contribution in [3.05, 3.63) is 28.9 Å². The van der Waals surface area contributed by atoms with Crippen LogP contribution in [0, 0.1) is 5.92 Å². The van der Waals surface area contributed by atoms with Gasteiger partial charge in [0.25, 0.3) is 0 Å². The summed E-state index contributed by atoms with van der Waals surface area (Å²) in [6, 6.07) is 5.97. The molecule has 0 saturated heterocycles. The van der Waals surface area contributed by atoms with Crippen LogP contribution >= 0.6 is 15.9 Å². The highest BCUT2D eigenvalue weighted by Crippen LogP contribution is 2.30. The van der Waals surface area contributed by atoms with E-state index in [1.807, 2.05) is 25.1 Å². The Hall–Kier alpha value is -1.33. The van der Waals surface area contributed by atoms with Crippen LogP contribution in [0.3, 0.4) is 0 Å². The van der Waals surface area contributed by atoms with E-state index in [1.54, 1.807) is 6.20 Å². The Labute approximate surface area is 127 Å². The summed E-state index contributed by atoms with van der Waals surface area (Å²) in [4.78, 5) is 4.33. The largest absolute Gasteiger partial charge is 0.396 e. The number of hydrogen-bond donors (Lipinski definition) is 3. The summed E-state index contributed by atoms with van der Waals surface area (Å²) in [5, 5.41) is 13.4. The Morgan fingerprint density at radius 2 is 2.25 bits per heavy atom. The van der Waals surface area contributed by atoms with Crippen LogP contribution in [0.5, 0.6) is 0 Å². The number of nitrogens with zero attached hydrogens (tertiary/aromatic N) is 1. The molecule has 1 unspecified atom stereocenters. The molecule has 2 rings (SSSR count). The molecule has 0 bridgehead atoms. The SMILES string of the molecule is CC(CO)CCCNc1c(N)cnc2ccc(Br)cc12. The lowest BCUT2D eigenvalue weighted by Gasteiger charge is -2.13. The normalized spacial score (nSPS) is 12.6. The first-order valence-corrected chi connectivity index (χ1v) is 7.59. The number of aromatic nitrogens is 1. The van der Waals surface area contributed by atoms with Crippen molar-refractivity contribution in [2.45, 2.75) is 19.8 Å². The first-order valence-electron chi connectivity index (χ1n) is 6.80. The van der Waals surface area contributed by atoms with Gasteiger partial charge in [-0.1, -0.05) is 22.9 Å². The number of fused-ring (bicyclic) bond motifs is 1. The quantitative estimate of drug-likeness (QED) is 0.706. The van der Waals surface area contributed by atoms with Crippen LogP contribution in [0.4, 0.5) is 11.4 Å². The van der Waals surface area contributed by atoms with Gasteiger partial charge >= 0.3 is 0 Å². The Kier molecular flexibility index (Phi) is 5.20. The Morgan fingerprint density at radius 1 is 1.45 bits per heavy atom. The van der Waals surface area contributed by atoms with E-state index in [1.165, 1.54) is 0 Å². The molecule has 5 heteroatoms. The van der Waals surface area contributed by atoms with Crippen LogP contribution in [0.2, 0.25) is 0 Å². The van der Waals surface area contributed by atoms with Crippen LogP contribution in [-0.4, -0.2) is 23.2 Å². The minimum absolute atomic E-state index is 0.243. The maximum absolute atomic E-state index is 9.01. The number of hydrogen-bond acceptors (Lipinski definition) is 4. The lowest BCUT2D eigenvalue weighted by Crippen LogP contribution is -2.08. The number of halogens is 1. The standard InChI is InChI=1S/C15H20BrN3O/c1-10(9-20)3-2-6-18-15-12-7-11(16)4-5-14(12)19-8-13(15)17/h4-5,7-8,10,20H,2-3,6,9,17H2,1H3,(H,18,19). The van der Waals surface area contributed by atoms with Crippen molar-refractivity contribution in [3.8, 4) is 0 Å². The molecule has 0 aliphatic rings. The first-order chi connectivity index (χ1) is 9.61. The van der Waals surface area contributed by atoms with Gasteiger partial charge in [0.05, 0.1) is 23.1 Å². The topological polar surface area (TPSA) is 71.2 Å². The van der Waals surface area contributed by atoms with Crippen LogP contribution in [0.25, 0.3) is 10.9 Å². The highest BCUT2D eigenvalue weighted by molar-refractivity contribution is 9.10. The van der Waals surface area contributed by atoms with E-state index in [9.17, 15) is 0 Å². The number of aliphatic hydroxyl groups excluding tert-OH is 1. The molecule has 1 aromatic heterocycles. The summed E-state index contributed by atoms with van der Waals surface area (Å²) in [7, 11) is 0. The monoisotopic (exact) mass is 337 g/mol. The Morgan fingerprint density at radius 3 is 3.00 bits per heavy atom. The fraction of sp³-hybridized carbons (Fsp3) is 0.400. The van der Waals surface area contributed by atoms with Crippen molar-refractivity contribution in [1.29, 1.82) is 0 Å². The van der Waals surface area contributed by atoms with Gasteiger partial charge in [0, 0.05) is 23.0 Å². The number of nitrogens with one attached hydrogen (secondary N) is 1. The Balaban J connectivity index is 2.12. The molecule has 108 valence electrons. The molecule has 2 aromatic rings. The molecule has 0 saturated carbocycles. The number of anilines is 2. The summed E-state index contributed by atoms with van der Waals surface area (Å²) < 4.78 is 1.01. The molecule has 0 fully saturated rings. The average molecular weight is 338 g/mol. The van der Waals surface area contributed by atoms with E-state index in [0.717, 1.165) is 40.4 Å². The third kappa shape index (κ3) is 3.61. The zero-order chi connectivity index (χ0) is 14.5. The number of benzene rings is 1. The van der Waals surface area contributed by atoms with Crippen LogP contribution in [0.1, 0.15) is 19.8 Å². The van der Waals surface area contributed by atoms with Gasteiger partial charge in [0.2, 0.25) is 0 Å². The number of aliphatic hydroxyl groups is 1. The van der Waals surface area contributed by atoms with Gasteiger partial charge < -0.3 is 16.2 Å². The molecule has 1 aromatic carbocycles. The second-order valence-corrected chi connectivity index (χ2v) is 6.02. The summed E-state index contributed by atoms with van der Waals surface area (Å²) >= 11 is 3.48. The molecule has 4 N–H and O–H groups in total. The van der Waals surface area contributed by atoms with E-state index in [0.29, 0.717) is 11.6 Å². The molecule has 0 amide bonds. The lowest BCUT2D eigenvalue weighted by atomic mass is 10.1. The minimum Gasteiger partial charge on any atom is -0.396 e. The van der Waals surface area contributed by atoms with Gasteiger partial charge in [-0.2, -0.15) is 0 Å². The van der Waals surface area contributed by atoms with E-state index in [4.69, 9.17) is 10.8 Å². The highest BCUT2D eigenvalue weighted by atomic mass is 79.9. The molecule has 0 spiro atoms. The maximum Gasteiger partial charge on any atom is 0.0743 e. The highest BCUT2D eigenvalue weighted by Gasteiger charge is 2.07. The van der Waals surface area contributed by atoms with Crippen LogP contribution < -0.4 is 11.1 Å². The third-order valence-electron chi connectivity index (χ3n) is 3.35. The van der Waals surface area contributed by atoms with E-state index < -0.39 is 0 Å². The van der Waals surface area contributed by atoms with E-state index >= 15 is 0 Å². The zero-order valence-electron chi connectivity index (χ0n) is 11.6. The maximum atomic E-state index is 9.01. The molecule has 1 heterocycles. The van der Waals surface area contributed by atoms with Crippen molar-refractivity contribution >= 4 is 38.2 Å². The number of rotatable bonds is 6. The third-order valence-corrected chi connectivity index (χ3v) is 3.84. The van der Waals surface area contributed by atoms with Gasteiger partial charge in [-0.05, 0) is 37.0 Å². The average Bonchev–Trinajstić information content (AvgIpc) is 2.45. The minimum atomic E-state index is 0.243. The predicted octanol–water partition coefficient (Wildman–Crippen LogP) is 3.40. The smallest absolute Gasteiger partial charge is 0.0743 e. The van der Waals surface area contributed by atoms with Gasteiger partial charge in [0.15, 0.2) is 0 Å². The number of pyridine rings is 1. The summed E-state index contributed by atoms with van der Waals surface area (Å²) in [6.07, 6.45) is 3.68. The Bertz CT molecular complexity index is 583. The van der Waals surface area contributed by atoms with Crippen molar-refractivity contribution in [1.82, 2.24) is 4.98 Å². The van der Waals surface area contributed by atoms with Gasteiger partial charge in [-0.3, -0.25) is 4.98 Å². The molecule has 0 radical (unpaired) electrons. The zero-order valence-corrected chi connectivity index (χ0v) is 13.2. The van der Waals surface area contributed by atoms with Crippen molar-refractivity contribution in [3.63, 3.8) is 0 Å². The molecule has 1 atom stereocenters. The van der Waals surface area contributed by atoms with Gasteiger partial charge in [-0.25, -0.2) is 0 Å². The summed E-state index contributed by atoms with van der Waals surface area (Å²) in [5.41, 5.74) is 8.55. The fourth-order valence-corrected chi connectivity index (χ4v) is 2.49. The second kappa shape index (κ2) is 6.90. The molecule has 0 aliphatic carbocycles. The summed E-state index contributed by atoms with van der Waals surface area (Å²) in [5.74, 6) is 0.345. The van der Waals surface area contributed by atoms with Gasteiger partial charge in [-0.15, -0.1) is 0 Å². The van der Waals surface area contributed by atoms with Crippen LogP contribution in [-0.2, 0) is 0 Å². The van der Waals surface area contributed by atoms with Crippen molar-refractivity contribution in [2.75, 3.05) is 24.2 Å². The van der Waals surface area contributed by atoms with Gasteiger partial charge in [0.1, 0.15) is 0 Å². The van der Waals surface area contributed by atoms with Crippen LogP contribution in [0.15, 0.2) is 28.9 Å². The van der Waals surface area contributed by atoms with Crippen molar-refractivity contribution in [2.24, 2.45) is 5.92 Å².